The van der Waals surface area contributed by atoms with Crippen molar-refractivity contribution in [3.05, 3.63) is 0 Å². The van der Waals surface area contributed by atoms with Crippen molar-refractivity contribution in [2.45, 2.75) is 24.6 Å². The van der Waals surface area contributed by atoms with Crippen molar-refractivity contribution in [1.82, 2.24) is 0 Å². The average Bonchev–Trinajstić information content (AvgIpc) is 2.10. The molecule has 0 N–H and O–H groups in total. The summed E-state index contributed by atoms with van der Waals surface area (Å²) in [6.07, 6.45) is 0. The van der Waals surface area contributed by atoms with Crippen LogP contribution in [0.3, 0.4) is 0 Å². The lowest BCUT2D eigenvalue weighted by molar-refractivity contribution is 1.11. The summed E-state index contributed by atoms with van der Waals surface area (Å²) in [5.41, 5.74) is 0. The average molecular weight is 270 g/mol. The molecule has 11 heavy (non-hydrogen) atoms. The molecule has 0 aliphatic carbocycles. The third-order valence-corrected chi connectivity index (χ3v) is 7.13. The van der Waals surface area contributed by atoms with Gasteiger partial charge in [-0.2, -0.15) is 0 Å². The molecule has 64 valence electrons. The quantitative estimate of drug-likeness (QED) is 0.411. The minimum atomic E-state index is -1.01. The zero-order valence-electron chi connectivity index (χ0n) is 6.93. The van der Waals surface area contributed by atoms with E-state index in [1.165, 1.54) is 4.38 Å². The number of hydrogen-bond acceptors (Lipinski definition) is 3. The summed E-state index contributed by atoms with van der Waals surface area (Å²) in [5.74, 6) is 1.10. The molecule has 0 saturated heterocycles. The number of aliphatic imine (C=N–C) groups is 1. The Balaban J connectivity index is 2.45. The van der Waals surface area contributed by atoms with Gasteiger partial charge in [-0.1, -0.05) is 47.3 Å². The van der Waals surface area contributed by atoms with Gasteiger partial charge < -0.3 is 0 Å². The lowest BCUT2D eigenvalue weighted by Crippen LogP contribution is -2.15. The number of nitrogens with zero attached hydrogens (tertiary/aromatic N) is 1. The summed E-state index contributed by atoms with van der Waals surface area (Å²) in [6.45, 7) is 7.05. The molecule has 1 heterocycles. The lowest BCUT2D eigenvalue weighted by atomic mass is 10.8. The topological polar surface area (TPSA) is 12.4 Å². The molecule has 5 heteroatoms. The van der Waals surface area contributed by atoms with Gasteiger partial charge in [0.15, 0.2) is 0 Å². The number of rotatable bonds is 1. The molecule has 0 aromatic heterocycles. The van der Waals surface area contributed by atoms with E-state index in [-0.39, 0.29) is 0 Å². The summed E-state index contributed by atoms with van der Waals surface area (Å²) in [7, 11) is -1.01. The minimum Gasteiger partial charge on any atom is -0.257 e. The van der Waals surface area contributed by atoms with Crippen LogP contribution in [-0.4, -0.2) is 22.3 Å². The van der Waals surface area contributed by atoms with Gasteiger partial charge in [0, 0.05) is 5.75 Å². The van der Waals surface area contributed by atoms with Crippen molar-refractivity contribution in [2.24, 2.45) is 4.99 Å². The Morgan fingerprint density at radius 2 is 2.27 bits per heavy atom. The van der Waals surface area contributed by atoms with Crippen LogP contribution in [0.1, 0.15) is 0 Å². The monoisotopic (exact) mass is 269 g/mol. The Bertz CT molecular complexity index is 178. The minimum absolute atomic E-state index is 0.367. The molecule has 1 nitrogen and oxygen atoms in total. The molecule has 1 unspecified atom stereocenters. The molecule has 1 rings (SSSR count). The van der Waals surface area contributed by atoms with E-state index in [2.05, 4.69) is 40.6 Å². The first-order valence-corrected chi connectivity index (χ1v) is 10.5. The number of thioether (sulfide) groups is 1. The van der Waals surface area contributed by atoms with E-state index in [4.69, 9.17) is 0 Å². The Morgan fingerprint density at radius 3 is 2.64 bits per heavy atom. The molecule has 0 aromatic carbocycles. The Morgan fingerprint density at radius 1 is 1.64 bits per heavy atom. The maximum absolute atomic E-state index is 4.47. The smallest absolute Gasteiger partial charge is 0.120 e. The van der Waals surface area contributed by atoms with Crippen LogP contribution in [0.2, 0.25) is 19.6 Å². The highest BCUT2D eigenvalue weighted by molar-refractivity contribution is 9.09. The van der Waals surface area contributed by atoms with Crippen LogP contribution in [0.15, 0.2) is 4.99 Å². The first-order valence-electron chi connectivity index (χ1n) is 3.51. The van der Waals surface area contributed by atoms with Gasteiger partial charge in [0.2, 0.25) is 0 Å². The lowest BCUT2D eigenvalue weighted by Gasteiger charge is -2.13. The summed E-state index contributed by atoms with van der Waals surface area (Å²) >= 11 is 7.35. The summed E-state index contributed by atoms with van der Waals surface area (Å²) in [5, 5.41) is 0. The Hall–Kier alpha value is 1.07. The first kappa shape index (κ1) is 10.1. The van der Waals surface area contributed by atoms with Crippen molar-refractivity contribution < 1.29 is 0 Å². The Kier molecular flexibility index (Phi) is 3.55. The van der Waals surface area contributed by atoms with E-state index in [9.17, 15) is 0 Å². The third kappa shape index (κ3) is 4.01. The van der Waals surface area contributed by atoms with Gasteiger partial charge in [-0.25, -0.2) is 0 Å². The summed E-state index contributed by atoms with van der Waals surface area (Å²) in [6, 6.07) is 0. The predicted molar refractivity (Wildman–Crippen MR) is 63.5 cm³/mol. The molecule has 0 amide bonds. The second-order valence-electron chi connectivity index (χ2n) is 3.35. The van der Waals surface area contributed by atoms with Crippen LogP contribution < -0.4 is 0 Å². The van der Waals surface area contributed by atoms with Crippen LogP contribution in [0, 0.1) is 0 Å². The molecular formula is C6H12BrNS2Si. The van der Waals surface area contributed by atoms with E-state index in [0.717, 1.165) is 5.75 Å². The molecule has 1 aliphatic rings. The fraction of sp³-hybridized carbons (Fsp3) is 0.833. The second kappa shape index (κ2) is 3.85. The maximum Gasteiger partial charge on any atom is 0.120 e. The predicted octanol–water partition coefficient (Wildman–Crippen LogP) is 3.38. The molecule has 0 spiro atoms. The van der Waals surface area contributed by atoms with Crippen LogP contribution in [0.4, 0.5) is 0 Å². The van der Waals surface area contributed by atoms with E-state index in [1.807, 2.05) is 23.0 Å². The fourth-order valence-corrected chi connectivity index (χ4v) is 7.73. The first-order chi connectivity index (χ1) is 4.97. The van der Waals surface area contributed by atoms with Crippen molar-refractivity contribution in [3.63, 3.8) is 0 Å². The second-order valence-corrected chi connectivity index (χ2v) is 14.8. The molecule has 0 radical (unpaired) electrons. The normalized spacial score (nSPS) is 25.5. The standard InChI is InChI=1S/C6H12BrNS2Si/c1-11(2,3)10-6-8-5(7)4-9-6/h5H,4H2,1-3H3. The van der Waals surface area contributed by atoms with Gasteiger partial charge in [-0.05, 0) is 0 Å². The van der Waals surface area contributed by atoms with Gasteiger partial charge in [-0.3, -0.25) is 4.99 Å². The van der Waals surface area contributed by atoms with Gasteiger partial charge in [0.05, 0.1) is 0 Å². The SMILES string of the molecule is C[Si](C)(C)SC1=NC(Br)CS1. The number of hydrogen-bond donors (Lipinski definition) is 0. The van der Waals surface area contributed by atoms with Gasteiger partial charge in [0.25, 0.3) is 0 Å². The van der Waals surface area contributed by atoms with Crippen molar-refractivity contribution in [2.75, 3.05) is 5.75 Å². The van der Waals surface area contributed by atoms with Gasteiger partial charge in [-0.15, -0.1) is 11.2 Å². The number of halogens is 1. The highest BCUT2D eigenvalue weighted by Gasteiger charge is 2.22. The van der Waals surface area contributed by atoms with Gasteiger partial charge >= 0.3 is 0 Å². The highest BCUT2D eigenvalue weighted by Crippen LogP contribution is 2.33. The van der Waals surface area contributed by atoms with Crippen LogP contribution in [0.5, 0.6) is 0 Å². The zero-order valence-corrected chi connectivity index (χ0v) is 11.1. The molecule has 1 aliphatic heterocycles. The Labute approximate surface area is 85.6 Å². The summed E-state index contributed by atoms with van der Waals surface area (Å²) < 4.78 is 1.28. The van der Waals surface area contributed by atoms with Crippen molar-refractivity contribution in [1.29, 1.82) is 0 Å². The van der Waals surface area contributed by atoms with Crippen molar-refractivity contribution >= 4 is 50.5 Å². The molecule has 0 fully saturated rings. The molecular weight excluding hydrogens is 258 g/mol. The molecule has 0 bridgehead atoms. The van der Waals surface area contributed by atoms with Crippen LogP contribution in [0.25, 0.3) is 0 Å². The maximum atomic E-state index is 4.47. The number of alkyl halides is 1. The van der Waals surface area contributed by atoms with Crippen molar-refractivity contribution in [3.8, 4) is 0 Å². The molecule has 1 atom stereocenters. The van der Waals surface area contributed by atoms with E-state index in [0.29, 0.717) is 4.95 Å². The highest BCUT2D eigenvalue weighted by atomic mass is 79.9. The fourth-order valence-electron chi connectivity index (χ4n) is 0.647. The van der Waals surface area contributed by atoms with E-state index in [1.54, 1.807) is 0 Å². The summed E-state index contributed by atoms with van der Waals surface area (Å²) in [4.78, 5) is 4.83. The largest absolute Gasteiger partial charge is 0.257 e. The molecule has 0 aromatic rings. The third-order valence-electron chi connectivity index (χ3n) is 0.983. The van der Waals surface area contributed by atoms with E-state index >= 15 is 0 Å². The van der Waals surface area contributed by atoms with Crippen LogP contribution in [-0.2, 0) is 0 Å². The zero-order chi connectivity index (χ0) is 8.48. The molecule has 0 saturated carbocycles. The van der Waals surface area contributed by atoms with E-state index < -0.39 is 7.22 Å². The van der Waals surface area contributed by atoms with Crippen LogP contribution >= 0.6 is 38.9 Å². The van der Waals surface area contributed by atoms with Gasteiger partial charge in [0.1, 0.15) is 16.6 Å².